The van der Waals surface area contributed by atoms with Crippen molar-refractivity contribution in [3.63, 3.8) is 0 Å². The summed E-state index contributed by atoms with van der Waals surface area (Å²) < 4.78 is 0. The highest BCUT2D eigenvalue weighted by Crippen LogP contribution is 2.16. The number of nitrogens with zero attached hydrogens (tertiary/aromatic N) is 3. The molecule has 0 aliphatic heterocycles. The number of anilines is 1. The molecule has 2 rings (SSSR count). The monoisotopic (exact) mass is 234 g/mol. The minimum Gasteiger partial charge on any atom is -0.399 e. The van der Waals surface area contributed by atoms with Gasteiger partial charge in [-0.2, -0.15) is 0 Å². The van der Waals surface area contributed by atoms with E-state index in [1.807, 2.05) is 0 Å². The zero-order chi connectivity index (χ0) is 12.6. The van der Waals surface area contributed by atoms with Gasteiger partial charge in [-0.3, -0.25) is 0 Å². The van der Waals surface area contributed by atoms with Gasteiger partial charge in [0, 0.05) is 5.69 Å². The van der Waals surface area contributed by atoms with Crippen LogP contribution in [0.5, 0.6) is 0 Å². The van der Waals surface area contributed by atoms with Crippen LogP contribution in [0.25, 0.3) is 11.0 Å². The zero-order valence-electron chi connectivity index (χ0n) is 9.97. The molecule has 0 aliphatic carbocycles. The molecule has 1 aromatic heterocycles. The van der Waals surface area contributed by atoms with E-state index in [1.54, 1.807) is 39.0 Å². The van der Waals surface area contributed by atoms with Crippen LogP contribution in [0.15, 0.2) is 18.2 Å². The SMILES string of the molecule is CC(C)(C)C(=O)On1nnc2cc(N)ccc21. The van der Waals surface area contributed by atoms with Gasteiger partial charge < -0.3 is 10.6 Å². The van der Waals surface area contributed by atoms with Crippen molar-refractivity contribution in [1.29, 1.82) is 0 Å². The van der Waals surface area contributed by atoms with Crippen LogP contribution < -0.4 is 10.6 Å². The number of benzene rings is 1. The Morgan fingerprint density at radius 3 is 2.76 bits per heavy atom. The second-order valence-corrected chi connectivity index (χ2v) is 4.84. The van der Waals surface area contributed by atoms with Gasteiger partial charge in [0.15, 0.2) is 0 Å². The van der Waals surface area contributed by atoms with Gasteiger partial charge in [0.2, 0.25) is 0 Å². The first-order valence-corrected chi connectivity index (χ1v) is 5.21. The maximum Gasteiger partial charge on any atom is 0.340 e. The Hall–Kier alpha value is -2.11. The van der Waals surface area contributed by atoms with Gasteiger partial charge in [-0.05, 0) is 44.2 Å². The van der Waals surface area contributed by atoms with Crippen molar-refractivity contribution >= 4 is 22.7 Å². The molecule has 0 atom stereocenters. The third-order valence-corrected chi connectivity index (χ3v) is 2.22. The largest absolute Gasteiger partial charge is 0.399 e. The molecule has 0 fully saturated rings. The average Bonchev–Trinajstić information content (AvgIpc) is 2.59. The van der Waals surface area contributed by atoms with Crippen molar-refractivity contribution in [3.8, 4) is 0 Å². The molecule has 0 saturated carbocycles. The first-order chi connectivity index (χ1) is 7.88. The lowest BCUT2D eigenvalue weighted by Gasteiger charge is -2.15. The topological polar surface area (TPSA) is 83.0 Å². The molecule has 0 saturated heterocycles. The number of carbonyl (C=O) groups excluding carboxylic acids is 1. The molecule has 0 unspecified atom stereocenters. The molecule has 2 aromatic rings. The van der Waals surface area contributed by atoms with Crippen molar-refractivity contribution in [1.82, 2.24) is 15.2 Å². The number of rotatable bonds is 1. The van der Waals surface area contributed by atoms with E-state index in [0.717, 1.165) is 4.85 Å². The fraction of sp³-hybridized carbons (Fsp3) is 0.364. The Morgan fingerprint density at radius 1 is 1.41 bits per heavy atom. The molecule has 6 nitrogen and oxygen atoms in total. The summed E-state index contributed by atoms with van der Waals surface area (Å²) in [5.74, 6) is -0.374. The predicted molar refractivity (Wildman–Crippen MR) is 63.0 cm³/mol. The third-order valence-electron chi connectivity index (χ3n) is 2.22. The summed E-state index contributed by atoms with van der Waals surface area (Å²) in [6, 6.07) is 5.08. The fourth-order valence-corrected chi connectivity index (χ4v) is 1.20. The van der Waals surface area contributed by atoms with Crippen LogP contribution in [-0.4, -0.2) is 21.1 Å². The molecule has 6 heteroatoms. The lowest BCUT2D eigenvalue weighted by atomic mass is 9.98. The lowest BCUT2D eigenvalue weighted by molar-refractivity contribution is -0.154. The number of hydrogen-bond donors (Lipinski definition) is 1. The van der Waals surface area contributed by atoms with Crippen LogP contribution in [0.4, 0.5) is 5.69 Å². The molecular weight excluding hydrogens is 220 g/mol. The number of nitrogen functional groups attached to an aromatic ring is 1. The predicted octanol–water partition coefficient (Wildman–Crippen LogP) is 1.01. The van der Waals surface area contributed by atoms with E-state index in [-0.39, 0.29) is 5.97 Å². The summed E-state index contributed by atoms with van der Waals surface area (Å²) in [6.07, 6.45) is 0. The van der Waals surface area contributed by atoms with E-state index in [0.29, 0.717) is 16.7 Å². The minimum atomic E-state index is -0.591. The van der Waals surface area contributed by atoms with Gasteiger partial charge in [-0.1, -0.05) is 4.85 Å². The first-order valence-electron chi connectivity index (χ1n) is 5.21. The van der Waals surface area contributed by atoms with Crippen molar-refractivity contribution in [2.24, 2.45) is 5.41 Å². The molecule has 0 radical (unpaired) electrons. The lowest BCUT2D eigenvalue weighted by Crippen LogP contribution is -2.31. The van der Waals surface area contributed by atoms with E-state index in [2.05, 4.69) is 10.3 Å². The maximum atomic E-state index is 11.7. The first kappa shape index (κ1) is 11.4. The Bertz CT molecular complexity index is 568. The van der Waals surface area contributed by atoms with Gasteiger partial charge in [-0.15, -0.1) is 5.10 Å². The van der Waals surface area contributed by atoms with Crippen LogP contribution in [0.3, 0.4) is 0 Å². The van der Waals surface area contributed by atoms with E-state index in [9.17, 15) is 4.79 Å². The summed E-state index contributed by atoms with van der Waals surface area (Å²) >= 11 is 0. The van der Waals surface area contributed by atoms with E-state index >= 15 is 0 Å². The summed E-state index contributed by atoms with van der Waals surface area (Å²) in [4.78, 5) is 18.0. The van der Waals surface area contributed by atoms with Crippen molar-refractivity contribution < 1.29 is 9.63 Å². The number of fused-ring (bicyclic) bond motifs is 1. The van der Waals surface area contributed by atoms with Gasteiger partial charge in [0.05, 0.1) is 5.41 Å². The van der Waals surface area contributed by atoms with Crippen LogP contribution in [0, 0.1) is 5.41 Å². The van der Waals surface area contributed by atoms with Crippen molar-refractivity contribution in [3.05, 3.63) is 18.2 Å². The standard InChI is InChI=1S/C11H14N4O2/c1-11(2,3)10(16)17-15-9-5-4-7(12)6-8(9)13-14-15/h4-6H,12H2,1-3H3. The summed E-state index contributed by atoms with van der Waals surface area (Å²) in [7, 11) is 0. The molecular formula is C11H14N4O2. The summed E-state index contributed by atoms with van der Waals surface area (Å²) in [5.41, 5.74) is 6.81. The van der Waals surface area contributed by atoms with E-state index in [4.69, 9.17) is 10.6 Å². The smallest absolute Gasteiger partial charge is 0.340 e. The Kier molecular flexibility index (Phi) is 2.49. The highest BCUT2D eigenvalue weighted by atomic mass is 16.7. The van der Waals surface area contributed by atoms with Gasteiger partial charge in [0.25, 0.3) is 0 Å². The molecule has 0 bridgehead atoms. The average molecular weight is 234 g/mol. The fourth-order valence-electron chi connectivity index (χ4n) is 1.20. The maximum absolute atomic E-state index is 11.7. The highest BCUT2D eigenvalue weighted by Gasteiger charge is 2.25. The minimum absolute atomic E-state index is 0.374. The second-order valence-electron chi connectivity index (χ2n) is 4.84. The van der Waals surface area contributed by atoms with E-state index in [1.165, 1.54) is 0 Å². The Balaban J connectivity index is 2.35. The molecule has 1 aromatic carbocycles. The van der Waals surface area contributed by atoms with Gasteiger partial charge in [-0.25, -0.2) is 4.79 Å². The molecule has 17 heavy (non-hydrogen) atoms. The van der Waals surface area contributed by atoms with Crippen LogP contribution in [0.1, 0.15) is 20.8 Å². The number of nitrogens with two attached hydrogens (primary N) is 1. The van der Waals surface area contributed by atoms with Crippen LogP contribution >= 0.6 is 0 Å². The molecule has 0 aliphatic rings. The number of carbonyl (C=O) groups is 1. The highest BCUT2D eigenvalue weighted by molar-refractivity contribution is 5.80. The summed E-state index contributed by atoms with van der Waals surface area (Å²) in [5, 5.41) is 7.63. The quantitative estimate of drug-likeness (QED) is 0.588. The molecule has 1 heterocycles. The number of aromatic nitrogens is 3. The van der Waals surface area contributed by atoms with Crippen LogP contribution in [0.2, 0.25) is 0 Å². The molecule has 0 amide bonds. The Morgan fingerprint density at radius 2 is 2.12 bits per heavy atom. The van der Waals surface area contributed by atoms with E-state index < -0.39 is 5.41 Å². The second kappa shape index (κ2) is 3.73. The molecule has 2 N–H and O–H groups in total. The van der Waals surface area contributed by atoms with Crippen molar-refractivity contribution in [2.45, 2.75) is 20.8 Å². The zero-order valence-corrected chi connectivity index (χ0v) is 9.97. The molecule has 0 spiro atoms. The molecule has 90 valence electrons. The summed E-state index contributed by atoms with van der Waals surface area (Å²) in [6.45, 7) is 5.31. The normalized spacial score (nSPS) is 11.7. The van der Waals surface area contributed by atoms with Gasteiger partial charge >= 0.3 is 5.97 Å². The van der Waals surface area contributed by atoms with Crippen molar-refractivity contribution in [2.75, 3.05) is 5.73 Å². The Labute approximate surface area is 98.3 Å². The van der Waals surface area contributed by atoms with Gasteiger partial charge in [0.1, 0.15) is 11.0 Å². The third kappa shape index (κ3) is 2.20. The number of hydrogen-bond acceptors (Lipinski definition) is 5. The van der Waals surface area contributed by atoms with Crippen LogP contribution in [-0.2, 0) is 4.79 Å².